The highest BCUT2D eigenvalue weighted by Crippen LogP contribution is 2.24. The molecule has 0 aromatic heterocycles. The Morgan fingerprint density at radius 2 is 1.90 bits per heavy atom. The summed E-state index contributed by atoms with van der Waals surface area (Å²) in [5, 5.41) is 0. The summed E-state index contributed by atoms with van der Waals surface area (Å²) in [4.78, 5) is 15.1. The molecule has 1 fully saturated rings. The minimum Gasteiger partial charge on any atom is -0.494 e. The molecule has 0 unspecified atom stereocenters. The highest BCUT2D eigenvalue weighted by atomic mass is 32.2. The molecule has 3 rings (SSSR count). The van der Waals surface area contributed by atoms with Gasteiger partial charge in [-0.2, -0.15) is 0 Å². The summed E-state index contributed by atoms with van der Waals surface area (Å²) in [6, 6.07) is 15.0. The van der Waals surface area contributed by atoms with Crippen molar-refractivity contribution in [3.63, 3.8) is 0 Å². The molecule has 2 aromatic carbocycles. The van der Waals surface area contributed by atoms with Gasteiger partial charge in [0.05, 0.1) is 18.1 Å². The zero-order valence-corrected chi connectivity index (χ0v) is 18.1. The van der Waals surface area contributed by atoms with Gasteiger partial charge in [-0.15, -0.1) is 0 Å². The van der Waals surface area contributed by atoms with Gasteiger partial charge in [0.2, 0.25) is 0 Å². The van der Waals surface area contributed by atoms with Crippen molar-refractivity contribution in [3.05, 3.63) is 65.2 Å². The Kier molecular flexibility index (Phi) is 6.63. The molecule has 1 heterocycles. The van der Waals surface area contributed by atoms with Gasteiger partial charge < -0.3 is 9.64 Å². The van der Waals surface area contributed by atoms with Crippen LogP contribution in [-0.4, -0.2) is 43.4 Å². The lowest BCUT2D eigenvalue weighted by Crippen LogP contribution is -2.40. The fraction of sp³-hybridized carbons (Fsp3) is 0.435. The predicted molar refractivity (Wildman–Crippen MR) is 115 cm³/mol. The molecule has 1 aliphatic heterocycles. The Labute approximate surface area is 173 Å². The highest BCUT2D eigenvalue weighted by molar-refractivity contribution is 7.91. The van der Waals surface area contributed by atoms with E-state index in [1.54, 1.807) is 23.1 Å². The standard InChI is InChI=1S/C23H29NO4S/c1-4-28-22-7-5-6-20(14-22)23(25)24(21-12-13-29(26,27)16-21)15-18-8-10-19(11-9-18)17(2)3/h5-11,14,17,21H,4,12-13,15-16H2,1-3H3/t21-/m0/s1. The Hall–Kier alpha value is -2.34. The molecule has 0 radical (unpaired) electrons. The lowest BCUT2D eigenvalue weighted by Gasteiger charge is -2.29. The molecule has 0 spiro atoms. The maximum Gasteiger partial charge on any atom is 0.254 e. The summed E-state index contributed by atoms with van der Waals surface area (Å²) in [5.74, 6) is 1.06. The topological polar surface area (TPSA) is 63.7 Å². The number of rotatable bonds is 7. The molecular weight excluding hydrogens is 386 g/mol. The van der Waals surface area contributed by atoms with Crippen molar-refractivity contribution in [3.8, 4) is 5.75 Å². The number of carbonyl (C=O) groups is 1. The number of nitrogens with zero attached hydrogens (tertiary/aromatic N) is 1. The van der Waals surface area contributed by atoms with Crippen LogP contribution in [0.2, 0.25) is 0 Å². The highest BCUT2D eigenvalue weighted by Gasteiger charge is 2.35. The molecule has 156 valence electrons. The minimum atomic E-state index is -3.10. The summed E-state index contributed by atoms with van der Waals surface area (Å²) in [6.45, 7) is 7.07. The van der Waals surface area contributed by atoms with Gasteiger partial charge in [-0.05, 0) is 48.6 Å². The van der Waals surface area contributed by atoms with Crippen LogP contribution in [0.25, 0.3) is 0 Å². The lowest BCUT2D eigenvalue weighted by atomic mass is 10.0. The molecule has 5 nitrogen and oxygen atoms in total. The lowest BCUT2D eigenvalue weighted by molar-refractivity contribution is 0.0680. The van der Waals surface area contributed by atoms with Gasteiger partial charge in [0, 0.05) is 18.2 Å². The van der Waals surface area contributed by atoms with Crippen LogP contribution < -0.4 is 4.74 Å². The van der Waals surface area contributed by atoms with E-state index in [0.29, 0.717) is 36.8 Å². The molecule has 0 saturated carbocycles. The molecular formula is C23H29NO4S. The third kappa shape index (κ3) is 5.38. The number of carbonyl (C=O) groups excluding carboxylic acids is 1. The maximum atomic E-state index is 13.4. The van der Waals surface area contributed by atoms with Crippen LogP contribution in [-0.2, 0) is 16.4 Å². The summed E-state index contributed by atoms with van der Waals surface area (Å²) < 4.78 is 29.6. The Morgan fingerprint density at radius 1 is 1.17 bits per heavy atom. The van der Waals surface area contributed by atoms with Crippen molar-refractivity contribution in [1.29, 1.82) is 0 Å². The first-order valence-electron chi connectivity index (χ1n) is 10.1. The number of amides is 1. The van der Waals surface area contributed by atoms with Gasteiger partial charge in [0.15, 0.2) is 9.84 Å². The fourth-order valence-electron chi connectivity index (χ4n) is 3.64. The molecule has 1 saturated heterocycles. The zero-order chi connectivity index (χ0) is 21.0. The van der Waals surface area contributed by atoms with Gasteiger partial charge in [0.25, 0.3) is 5.91 Å². The van der Waals surface area contributed by atoms with E-state index in [9.17, 15) is 13.2 Å². The summed E-state index contributed by atoms with van der Waals surface area (Å²) in [5.41, 5.74) is 2.74. The summed E-state index contributed by atoms with van der Waals surface area (Å²) in [7, 11) is -3.10. The molecule has 6 heteroatoms. The number of sulfone groups is 1. The van der Waals surface area contributed by atoms with Crippen LogP contribution in [0.1, 0.15) is 54.6 Å². The van der Waals surface area contributed by atoms with Crippen LogP contribution in [0.3, 0.4) is 0 Å². The molecule has 0 bridgehead atoms. The van der Waals surface area contributed by atoms with Gasteiger partial charge in [0.1, 0.15) is 5.75 Å². The summed E-state index contributed by atoms with van der Waals surface area (Å²) in [6.07, 6.45) is 0.475. The predicted octanol–water partition coefficient (Wildman–Crippen LogP) is 4.04. The number of benzene rings is 2. The second-order valence-electron chi connectivity index (χ2n) is 7.85. The first-order valence-corrected chi connectivity index (χ1v) is 11.9. The van der Waals surface area contributed by atoms with Gasteiger partial charge >= 0.3 is 0 Å². The molecule has 1 aliphatic rings. The first-order chi connectivity index (χ1) is 13.8. The van der Waals surface area contributed by atoms with Crippen molar-refractivity contribution in [2.24, 2.45) is 0 Å². The van der Waals surface area contributed by atoms with Crippen LogP contribution in [0.4, 0.5) is 0 Å². The van der Waals surface area contributed by atoms with E-state index in [0.717, 1.165) is 5.56 Å². The second kappa shape index (κ2) is 8.99. The van der Waals surface area contributed by atoms with E-state index in [4.69, 9.17) is 4.74 Å². The van der Waals surface area contributed by atoms with E-state index in [-0.39, 0.29) is 23.5 Å². The van der Waals surface area contributed by atoms with Crippen LogP contribution in [0, 0.1) is 0 Å². The van der Waals surface area contributed by atoms with Gasteiger partial charge in [-0.3, -0.25) is 4.79 Å². The fourth-order valence-corrected chi connectivity index (χ4v) is 5.37. The quantitative estimate of drug-likeness (QED) is 0.685. The number of hydrogen-bond acceptors (Lipinski definition) is 4. The van der Waals surface area contributed by atoms with Crippen LogP contribution in [0.15, 0.2) is 48.5 Å². The van der Waals surface area contributed by atoms with E-state index in [2.05, 4.69) is 26.0 Å². The Morgan fingerprint density at radius 3 is 2.48 bits per heavy atom. The zero-order valence-electron chi connectivity index (χ0n) is 17.3. The largest absolute Gasteiger partial charge is 0.494 e. The van der Waals surface area contributed by atoms with E-state index in [1.807, 2.05) is 25.1 Å². The van der Waals surface area contributed by atoms with Crippen molar-refractivity contribution in [2.45, 2.75) is 45.7 Å². The average molecular weight is 416 g/mol. The maximum absolute atomic E-state index is 13.4. The molecule has 0 N–H and O–H groups in total. The van der Waals surface area contributed by atoms with Crippen molar-refractivity contribution in [2.75, 3.05) is 18.1 Å². The van der Waals surface area contributed by atoms with Crippen molar-refractivity contribution in [1.82, 2.24) is 4.90 Å². The smallest absolute Gasteiger partial charge is 0.254 e. The van der Waals surface area contributed by atoms with Crippen LogP contribution >= 0.6 is 0 Å². The monoisotopic (exact) mass is 415 g/mol. The van der Waals surface area contributed by atoms with Crippen LogP contribution in [0.5, 0.6) is 5.75 Å². The number of hydrogen-bond donors (Lipinski definition) is 0. The number of ether oxygens (including phenoxy) is 1. The van der Waals surface area contributed by atoms with E-state index in [1.165, 1.54) is 5.56 Å². The van der Waals surface area contributed by atoms with E-state index < -0.39 is 9.84 Å². The Balaban J connectivity index is 1.88. The molecule has 0 aliphatic carbocycles. The van der Waals surface area contributed by atoms with Gasteiger partial charge in [-0.25, -0.2) is 8.42 Å². The Bertz CT molecular complexity index is 951. The normalized spacial score (nSPS) is 18.0. The van der Waals surface area contributed by atoms with Crippen molar-refractivity contribution < 1.29 is 17.9 Å². The molecule has 1 atom stereocenters. The van der Waals surface area contributed by atoms with Gasteiger partial charge in [-0.1, -0.05) is 44.2 Å². The van der Waals surface area contributed by atoms with Crippen molar-refractivity contribution >= 4 is 15.7 Å². The SMILES string of the molecule is CCOc1cccc(C(=O)N(Cc2ccc(C(C)C)cc2)[C@H]2CCS(=O)(=O)C2)c1. The average Bonchev–Trinajstić information content (AvgIpc) is 3.06. The third-order valence-corrected chi connectivity index (χ3v) is 7.05. The molecule has 29 heavy (non-hydrogen) atoms. The first kappa shape index (κ1) is 21.4. The molecule has 1 amide bonds. The summed E-state index contributed by atoms with van der Waals surface area (Å²) >= 11 is 0. The third-order valence-electron chi connectivity index (χ3n) is 5.30. The second-order valence-corrected chi connectivity index (χ2v) is 10.1. The molecule has 2 aromatic rings. The minimum absolute atomic E-state index is 0.0218. The van der Waals surface area contributed by atoms with E-state index >= 15 is 0 Å².